The molecule has 2 aromatic heterocycles. The molecule has 10 heteroatoms. The molecule has 0 aliphatic carbocycles. The van der Waals surface area contributed by atoms with Crippen molar-refractivity contribution in [3.63, 3.8) is 0 Å². The third kappa shape index (κ3) is 3.39. The van der Waals surface area contributed by atoms with Gasteiger partial charge in [-0.25, -0.2) is 4.98 Å². The number of rotatable bonds is 5. The van der Waals surface area contributed by atoms with Crippen molar-refractivity contribution in [3.8, 4) is 11.8 Å². The number of ether oxygens (including phenoxy) is 1. The second-order valence-electron chi connectivity index (χ2n) is 5.27. The first-order chi connectivity index (χ1) is 12.9. The highest BCUT2D eigenvalue weighted by molar-refractivity contribution is 7.99. The van der Waals surface area contributed by atoms with Gasteiger partial charge in [0, 0.05) is 10.5 Å². The predicted octanol–water partition coefficient (Wildman–Crippen LogP) is 3.89. The van der Waals surface area contributed by atoms with Gasteiger partial charge in [0.05, 0.1) is 11.1 Å². The third-order valence-corrected chi connectivity index (χ3v) is 5.64. The van der Waals surface area contributed by atoms with Crippen LogP contribution in [-0.2, 0) is 0 Å². The topological polar surface area (TPSA) is 115 Å². The molecule has 3 aromatic rings. The van der Waals surface area contributed by atoms with Gasteiger partial charge < -0.3 is 16.2 Å². The molecule has 0 amide bonds. The van der Waals surface area contributed by atoms with Crippen molar-refractivity contribution in [2.75, 3.05) is 17.7 Å². The quantitative estimate of drug-likeness (QED) is 0.488. The molecule has 0 unspecified atom stereocenters. The molecule has 0 spiro atoms. The predicted molar refractivity (Wildman–Crippen MR) is 101 cm³/mol. The molecular weight excluding hydrogens is 394 g/mol. The number of nitrogens with two attached hydrogens (primary N) is 2. The maximum atomic E-state index is 12.8. The number of carbonyl (C=O) groups excluding carboxylic acids is 1. The standard InChI is InChI=1S/C17H12F2N4O2S2/c1-26-13-9(6-20)15(22)23-16-10(13)11(21)14(27-16)12(24)7-2-4-8(5-3-7)25-17(18)19/h2-5,17H,21H2,1H3,(H2,22,23). The van der Waals surface area contributed by atoms with E-state index in [0.29, 0.717) is 15.1 Å². The van der Waals surface area contributed by atoms with Crippen LogP contribution in [0.2, 0.25) is 0 Å². The zero-order chi connectivity index (χ0) is 19.7. The largest absolute Gasteiger partial charge is 0.435 e. The minimum absolute atomic E-state index is 0.0522. The van der Waals surface area contributed by atoms with Crippen molar-refractivity contribution in [3.05, 3.63) is 40.3 Å². The Kier molecular flexibility index (Phi) is 5.16. The summed E-state index contributed by atoms with van der Waals surface area (Å²) in [7, 11) is 0. The number of nitriles is 1. The number of hydrogen-bond acceptors (Lipinski definition) is 8. The SMILES string of the molecule is CSc1c(C#N)c(N)nc2sc(C(=O)c3ccc(OC(F)F)cc3)c(N)c12. The minimum atomic E-state index is -2.94. The number of nitrogens with zero attached hydrogens (tertiary/aromatic N) is 2. The van der Waals surface area contributed by atoms with Crippen LogP contribution in [0.5, 0.6) is 5.75 Å². The van der Waals surface area contributed by atoms with Gasteiger partial charge in [0.1, 0.15) is 32.9 Å². The molecule has 0 saturated carbocycles. The van der Waals surface area contributed by atoms with Crippen LogP contribution >= 0.6 is 23.1 Å². The lowest BCUT2D eigenvalue weighted by molar-refractivity contribution is -0.0498. The second-order valence-corrected chi connectivity index (χ2v) is 7.09. The Balaban J connectivity index is 2.08. The molecule has 0 bridgehead atoms. The van der Waals surface area contributed by atoms with Gasteiger partial charge in [-0.3, -0.25) is 4.79 Å². The summed E-state index contributed by atoms with van der Waals surface area (Å²) in [6.07, 6.45) is 1.77. The van der Waals surface area contributed by atoms with Crippen LogP contribution in [0.15, 0.2) is 29.2 Å². The van der Waals surface area contributed by atoms with Gasteiger partial charge in [-0.05, 0) is 30.5 Å². The van der Waals surface area contributed by atoms with Gasteiger partial charge in [-0.15, -0.1) is 23.1 Å². The summed E-state index contributed by atoms with van der Waals surface area (Å²) in [5.41, 5.74) is 12.7. The highest BCUT2D eigenvalue weighted by atomic mass is 32.2. The molecule has 0 radical (unpaired) electrons. The van der Waals surface area contributed by atoms with Crippen LogP contribution in [0.3, 0.4) is 0 Å². The van der Waals surface area contributed by atoms with E-state index in [1.54, 1.807) is 6.26 Å². The van der Waals surface area contributed by atoms with Crippen LogP contribution < -0.4 is 16.2 Å². The number of pyridine rings is 1. The van der Waals surface area contributed by atoms with E-state index in [4.69, 9.17) is 11.5 Å². The third-order valence-electron chi connectivity index (χ3n) is 3.72. The molecule has 0 atom stereocenters. The Labute approximate surface area is 160 Å². The van der Waals surface area contributed by atoms with Gasteiger partial charge in [-0.2, -0.15) is 14.0 Å². The molecule has 2 heterocycles. The van der Waals surface area contributed by atoms with Crippen molar-refractivity contribution in [1.82, 2.24) is 4.98 Å². The summed E-state index contributed by atoms with van der Waals surface area (Å²) in [4.78, 5) is 18.3. The number of ketones is 1. The van der Waals surface area contributed by atoms with E-state index in [9.17, 15) is 18.8 Å². The number of thioether (sulfide) groups is 1. The first kappa shape index (κ1) is 18.9. The summed E-state index contributed by atoms with van der Waals surface area (Å²) in [5.74, 6) is -0.366. The highest BCUT2D eigenvalue weighted by Gasteiger charge is 2.23. The van der Waals surface area contributed by atoms with Gasteiger partial charge in [0.25, 0.3) is 0 Å². The fourth-order valence-electron chi connectivity index (χ4n) is 2.54. The van der Waals surface area contributed by atoms with E-state index in [1.807, 2.05) is 6.07 Å². The molecule has 27 heavy (non-hydrogen) atoms. The fourth-order valence-corrected chi connectivity index (χ4v) is 4.44. The lowest BCUT2D eigenvalue weighted by Gasteiger charge is -2.06. The molecule has 0 aliphatic rings. The number of alkyl halides is 2. The molecule has 4 N–H and O–H groups in total. The molecule has 3 rings (SSSR count). The molecule has 0 fully saturated rings. The maximum absolute atomic E-state index is 12.8. The van der Waals surface area contributed by atoms with Crippen LogP contribution in [0, 0.1) is 11.3 Å². The molecule has 138 valence electrons. The van der Waals surface area contributed by atoms with Gasteiger partial charge >= 0.3 is 6.61 Å². The second kappa shape index (κ2) is 7.38. The van der Waals surface area contributed by atoms with Crippen molar-refractivity contribution >= 4 is 50.6 Å². The zero-order valence-electron chi connectivity index (χ0n) is 13.8. The van der Waals surface area contributed by atoms with E-state index >= 15 is 0 Å². The number of aromatic nitrogens is 1. The zero-order valence-corrected chi connectivity index (χ0v) is 15.5. The number of nitrogen functional groups attached to an aromatic ring is 2. The van der Waals surface area contributed by atoms with Crippen molar-refractivity contribution in [2.24, 2.45) is 0 Å². The average Bonchev–Trinajstić information content (AvgIpc) is 2.96. The van der Waals surface area contributed by atoms with E-state index in [2.05, 4.69) is 9.72 Å². The first-order valence-corrected chi connectivity index (χ1v) is 9.46. The monoisotopic (exact) mass is 406 g/mol. The number of thiophene rings is 1. The first-order valence-electron chi connectivity index (χ1n) is 7.42. The Bertz CT molecular complexity index is 1080. The lowest BCUT2D eigenvalue weighted by atomic mass is 10.1. The normalized spacial score (nSPS) is 10.9. The number of fused-ring (bicyclic) bond motifs is 1. The van der Waals surface area contributed by atoms with Crippen molar-refractivity contribution < 1.29 is 18.3 Å². The molecule has 0 saturated heterocycles. The van der Waals surface area contributed by atoms with Crippen LogP contribution in [-0.4, -0.2) is 23.6 Å². The average molecular weight is 406 g/mol. The summed E-state index contributed by atoms with van der Waals surface area (Å²) in [5, 5.41) is 9.82. The van der Waals surface area contributed by atoms with Gasteiger partial charge in [-0.1, -0.05) is 0 Å². The van der Waals surface area contributed by atoms with E-state index < -0.39 is 6.61 Å². The Morgan fingerprint density at radius 1 is 1.33 bits per heavy atom. The molecule has 0 aliphatic heterocycles. The van der Waals surface area contributed by atoms with Crippen molar-refractivity contribution in [2.45, 2.75) is 11.5 Å². The highest BCUT2D eigenvalue weighted by Crippen LogP contribution is 2.42. The summed E-state index contributed by atoms with van der Waals surface area (Å²) >= 11 is 2.36. The van der Waals surface area contributed by atoms with Crippen LogP contribution in [0.4, 0.5) is 20.3 Å². The summed E-state index contributed by atoms with van der Waals surface area (Å²) in [6, 6.07) is 7.32. The number of hydrogen-bond donors (Lipinski definition) is 2. The number of anilines is 2. The molecular formula is C17H12F2N4O2S2. The number of benzene rings is 1. The fraction of sp³-hybridized carbons (Fsp3) is 0.118. The summed E-state index contributed by atoms with van der Waals surface area (Å²) in [6.45, 7) is -2.94. The van der Waals surface area contributed by atoms with Crippen molar-refractivity contribution in [1.29, 1.82) is 5.26 Å². The number of carbonyl (C=O) groups is 1. The Morgan fingerprint density at radius 3 is 2.56 bits per heavy atom. The molecule has 1 aromatic carbocycles. The summed E-state index contributed by atoms with van der Waals surface area (Å²) < 4.78 is 28.7. The smallest absolute Gasteiger partial charge is 0.387 e. The minimum Gasteiger partial charge on any atom is -0.435 e. The Morgan fingerprint density at radius 2 is 2.00 bits per heavy atom. The number of halogens is 2. The van der Waals surface area contributed by atoms with Gasteiger partial charge in [0.15, 0.2) is 0 Å². The maximum Gasteiger partial charge on any atom is 0.387 e. The van der Waals surface area contributed by atoms with E-state index in [1.165, 1.54) is 36.0 Å². The van der Waals surface area contributed by atoms with Crippen LogP contribution in [0.1, 0.15) is 20.8 Å². The van der Waals surface area contributed by atoms with E-state index in [-0.39, 0.29) is 39.0 Å². The van der Waals surface area contributed by atoms with Crippen LogP contribution in [0.25, 0.3) is 10.2 Å². The Hall–Kier alpha value is -2.90. The van der Waals surface area contributed by atoms with E-state index in [0.717, 1.165) is 11.3 Å². The molecule has 6 nitrogen and oxygen atoms in total. The van der Waals surface area contributed by atoms with Gasteiger partial charge in [0.2, 0.25) is 5.78 Å². The lowest BCUT2D eigenvalue weighted by Crippen LogP contribution is -2.04.